The molecule has 7 nitrogen and oxygen atoms in total. The van der Waals surface area contributed by atoms with Crippen LogP contribution in [0.2, 0.25) is 0 Å². The molecule has 1 aliphatic heterocycles. The summed E-state index contributed by atoms with van der Waals surface area (Å²) in [5.41, 5.74) is 3.86. The lowest BCUT2D eigenvalue weighted by Gasteiger charge is -2.32. The van der Waals surface area contributed by atoms with Crippen LogP contribution in [0.15, 0.2) is 24.3 Å². The average molecular weight is 393 g/mol. The second-order valence-electron chi connectivity index (χ2n) is 7.66. The molecule has 1 fully saturated rings. The number of anilines is 1. The first-order chi connectivity index (χ1) is 14.0. The fraction of sp³-hybridized carbons (Fsp3) is 0.455. The number of benzene rings is 1. The van der Waals surface area contributed by atoms with E-state index in [1.807, 2.05) is 25.5 Å². The highest BCUT2D eigenvalue weighted by molar-refractivity contribution is 5.91. The van der Waals surface area contributed by atoms with Crippen molar-refractivity contribution >= 4 is 22.8 Å². The van der Waals surface area contributed by atoms with Gasteiger partial charge in [-0.15, -0.1) is 0 Å². The maximum atomic E-state index is 12.3. The topological polar surface area (TPSA) is 73.1 Å². The smallest absolute Gasteiger partial charge is 0.310 e. The van der Waals surface area contributed by atoms with Crippen LogP contribution < -0.4 is 4.90 Å². The number of hydrogen-bond acceptors (Lipinski definition) is 6. The summed E-state index contributed by atoms with van der Waals surface area (Å²) >= 11 is 0. The van der Waals surface area contributed by atoms with Crippen molar-refractivity contribution in [3.63, 3.8) is 0 Å². The summed E-state index contributed by atoms with van der Waals surface area (Å²) in [6, 6.07) is 8.25. The molecule has 3 heterocycles. The van der Waals surface area contributed by atoms with Crippen LogP contribution in [0.5, 0.6) is 0 Å². The molecule has 0 radical (unpaired) electrons. The highest BCUT2D eigenvalue weighted by atomic mass is 16.5. The molecular weight excluding hydrogens is 366 g/mol. The maximum absolute atomic E-state index is 12.3. The monoisotopic (exact) mass is 393 g/mol. The van der Waals surface area contributed by atoms with Gasteiger partial charge in [0.1, 0.15) is 11.6 Å². The summed E-state index contributed by atoms with van der Waals surface area (Å²) in [5.74, 6) is 1.31. The first kappa shape index (κ1) is 19.4. The molecule has 0 N–H and O–H groups in total. The van der Waals surface area contributed by atoms with Gasteiger partial charge in [-0.25, -0.2) is 14.6 Å². The average Bonchev–Trinajstić information content (AvgIpc) is 3.04. The summed E-state index contributed by atoms with van der Waals surface area (Å²) in [6.07, 6.45) is 1.78. The van der Waals surface area contributed by atoms with E-state index >= 15 is 0 Å². The largest absolute Gasteiger partial charge is 0.466 e. The van der Waals surface area contributed by atoms with Crippen LogP contribution in [0.4, 0.5) is 5.82 Å². The maximum Gasteiger partial charge on any atom is 0.310 e. The van der Waals surface area contributed by atoms with Gasteiger partial charge < -0.3 is 9.64 Å². The number of carbonyl (C=O) groups excluding carboxylic acids is 1. The predicted octanol–water partition coefficient (Wildman–Crippen LogP) is 3.52. The van der Waals surface area contributed by atoms with Crippen LogP contribution in [-0.4, -0.2) is 45.4 Å². The van der Waals surface area contributed by atoms with Gasteiger partial charge in [0.05, 0.1) is 29.3 Å². The lowest BCUT2D eigenvalue weighted by Crippen LogP contribution is -2.40. The fourth-order valence-corrected chi connectivity index (χ4v) is 3.98. The van der Waals surface area contributed by atoms with Crippen LogP contribution in [0.1, 0.15) is 36.8 Å². The van der Waals surface area contributed by atoms with Gasteiger partial charge in [-0.3, -0.25) is 4.79 Å². The van der Waals surface area contributed by atoms with Gasteiger partial charge in [-0.1, -0.05) is 17.7 Å². The quantitative estimate of drug-likeness (QED) is 0.632. The molecule has 1 aromatic carbocycles. The Morgan fingerprint density at radius 1 is 1.17 bits per heavy atom. The van der Waals surface area contributed by atoms with Crippen LogP contribution in [0, 0.1) is 26.7 Å². The van der Waals surface area contributed by atoms with Gasteiger partial charge in [0.2, 0.25) is 0 Å². The van der Waals surface area contributed by atoms with Crippen LogP contribution in [0.3, 0.4) is 0 Å². The second-order valence-corrected chi connectivity index (χ2v) is 7.66. The molecular formula is C22H27N5O2. The molecule has 7 heteroatoms. The van der Waals surface area contributed by atoms with Crippen LogP contribution >= 0.6 is 0 Å². The normalized spacial score (nSPS) is 17.0. The molecule has 0 unspecified atom stereocenters. The highest BCUT2D eigenvalue weighted by Gasteiger charge is 2.30. The number of esters is 1. The van der Waals surface area contributed by atoms with Gasteiger partial charge in [-0.2, -0.15) is 5.10 Å². The van der Waals surface area contributed by atoms with Crippen molar-refractivity contribution in [2.24, 2.45) is 5.92 Å². The Morgan fingerprint density at radius 3 is 2.66 bits per heavy atom. The third-order valence-corrected chi connectivity index (χ3v) is 5.41. The van der Waals surface area contributed by atoms with Crippen molar-refractivity contribution in [2.45, 2.75) is 40.5 Å². The molecule has 1 atom stereocenters. The van der Waals surface area contributed by atoms with E-state index in [0.29, 0.717) is 19.0 Å². The number of carbonyl (C=O) groups is 1. The van der Waals surface area contributed by atoms with Gasteiger partial charge in [0.15, 0.2) is 5.65 Å². The molecule has 1 saturated heterocycles. The lowest BCUT2D eigenvalue weighted by molar-refractivity contribution is -0.148. The summed E-state index contributed by atoms with van der Waals surface area (Å²) in [5, 5.41) is 5.71. The molecule has 2 aromatic heterocycles. The number of fused-ring (bicyclic) bond motifs is 1. The third kappa shape index (κ3) is 3.69. The van der Waals surface area contributed by atoms with Gasteiger partial charge in [-0.05, 0) is 52.7 Å². The number of aryl methyl sites for hydroxylation is 3. The highest BCUT2D eigenvalue weighted by Crippen LogP contribution is 2.31. The van der Waals surface area contributed by atoms with E-state index in [-0.39, 0.29) is 11.9 Å². The van der Waals surface area contributed by atoms with Crippen LogP contribution in [-0.2, 0) is 9.53 Å². The molecule has 0 bridgehead atoms. The predicted molar refractivity (Wildman–Crippen MR) is 112 cm³/mol. The zero-order valence-corrected chi connectivity index (χ0v) is 17.5. The number of hydrogen-bond donors (Lipinski definition) is 0. The number of ether oxygens (including phenoxy) is 1. The second kappa shape index (κ2) is 7.81. The number of nitrogens with zero attached hydrogens (tertiary/aromatic N) is 5. The number of rotatable bonds is 4. The zero-order chi connectivity index (χ0) is 20.5. The summed E-state index contributed by atoms with van der Waals surface area (Å²) in [4.78, 5) is 23.9. The SMILES string of the molecule is CCOC(=O)[C@H]1CCCN(c2nc(C)nc3c2c(C)nn3-c2ccc(C)cc2)C1. The van der Waals surface area contributed by atoms with Crippen molar-refractivity contribution < 1.29 is 9.53 Å². The molecule has 0 amide bonds. The van der Waals surface area contributed by atoms with Gasteiger partial charge in [0.25, 0.3) is 0 Å². The van der Waals surface area contributed by atoms with E-state index in [2.05, 4.69) is 36.1 Å². The van der Waals surface area contributed by atoms with Crippen molar-refractivity contribution in [1.82, 2.24) is 19.7 Å². The Kier molecular flexibility index (Phi) is 5.22. The Labute approximate surface area is 170 Å². The first-order valence-corrected chi connectivity index (χ1v) is 10.2. The minimum absolute atomic E-state index is 0.119. The van der Waals surface area contributed by atoms with Gasteiger partial charge in [0, 0.05) is 13.1 Å². The van der Waals surface area contributed by atoms with Crippen molar-refractivity contribution in [3.8, 4) is 5.69 Å². The standard InChI is InChI=1S/C22H27N5O2/c1-5-29-22(28)17-7-6-12-26(13-17)20-19-15(3)25-27(21(19)24-16(4)23-20)18-10-8-14(2)9-11-18/h8-11,17H,5-7,12-13H2,1-4H3/t17-/m0/s1. The van der Waals surface area contributed by atoms with Gasteiger partial charge >= 0.3 is 5.97 Å². The van der Waals surface area contributed by atoms with E-state index in [1.165, 1.54) is 5.56 Å². The van der Waals surface area contributed by atoms with E-state index in [9.17, 15) is 4.79 Å². The Morgan fingerprint density at radius 2 is 1.93 bits per heavy atom. The molecule has 3 aromatic rings. The van der Waals surface area contributed by atoms with Crippen LogP contribution in [0.25, 0.3) is 16.7 Å². The molecule has 0 spiro atoms. The molecule has 29 heavy (non-hydrogen) atoms. The van der Waals surface area contributed by atoms with Crippen molar-refractivity contribution in [1.29, 1.82) is 0 Å². The van der Waals surface area contributed by atoms with E-state index in [1.54, 1.807) is 0 Å². The van der Waals surface area contributed by atoms with Crippen molar-refractivity contribution in [2.75, 3.05) is 24.6 Å². The van der Waals surface area contributed by atoms with E-state index in [0.717, 1.165) is 47.6 Å². The summed E-state index contributed by atoms with van der Waals surface area (Å²) < 4.78 is 7.14. The minimum Gasteiger partial charge on any atom is -0.466 e. The molecule has 0 saturated carbocycles. The van der Waals surface area contributed by atoms with Crippen molar-refractivity contribution in [3.05, 3.63) is 41.3 Å². The third-order valence-electron chi connectivity index (χ3n) is 5.41. The molecule has 152 valence electrons. The summed E-state index contributed by atoms with van der Waals surface area (Å²) in [6.45, 7) is 9.68. The molecule has 4 rings (SSSR count). The number of piperidine rings is 1. The Balaban J connectivity index is 1.77. The van der Waals surface area contributed by atoms with E-state index < -0.39 is 0 Å². The first-order valence-electron chi connectivity index (χ1n) is 10.2. The zero-order valence-electron chi connectivity index (χ0n) is 17.5. The lowest BCUT2D eigenvalue weighted by atomic mass is 9.98. The van der Waals surface area contributed by atoms with E-state index in [4.69, 9.17) is 19.8 Å². The Hall–Kier alpha value is -2.96. The fourth-order valence-electron chi connectivity index (χ4n) is 3.98. The number of aromatic nitrogens is 4. The summed E-state index contributed by atoms with van der Waals surface area (Å²) in [7, 11) is 0. The molecule has 1 aliphatic rings. The Bertz CT molecular complexity index is 1040. The molecule has 0 aliphatic carbocycles. The minimum atomic E-state index is -0.124.